The van der Waals surface area contributed by atoms with E-state index in [4.69, 9.17) is 4.18 Å². The van der Waals surface area contributed by atoms with Crippen molar-refractivity contribution in [1.29, 1.82) is 0 Å². The van der Waals surface area contributed by atoms with Crippen LogP contribution >= 0.6 is 0 Å². The van der Waals surface area contributed by atoms with Crippen LogP contribution in [0.5, 0.6) is 5.75 Å². The highest BCUT2D eigenvalue weighted by molar-refractivity contribution is 7.87. The molecule has 0 saturated heterocycles. The van der Waals surface area contributed by atoms with Gasteiger partial charge < -0.3 is 19.3 Å². The van der Waals surface area contributed by atoms with Crippen molar-refractivity contribution in [3.63, 3.8) is 0 Å². The molecule has 8 nitrogen and oxygen atoms in total. The predicted octanol–water partition coefficient (Wildman–Crippen LogP) is 5.45. The lowest BCUT2D eigenvalue weighted by Gasteiger charge is -2.26. The predicted molar refractivity (Wildman–Crippen MR) is 152 cm³/mol. The summed E-state index contributed by atoms with van der Waals surface area (Å²) in [5.74, 6) is -0.920. The van der Waals surface area contributed by atoms with Gasteiger partial charge in [-0.15, -0.1) is 0 Å². The minimum atomic E-state index is -4.26. The Balaban J connectivity index is 1.69. The molecule has 0 radical (unpaired) electrons. The Morgan fingerprint density at radius 3 is 2.27 bits per heavy atom. The lowest BCUT2D eigenvalue weighted by molar-refractivity contribution is -0.114. The maximum absolute atomic E-state index is 14.5. The molecule has 0 aromatic heterocycles. The molecule has 10 heteroatoms. The summed E-state index contributed by atoms with van der Waals surface area (Å²) >= 11 is 0. The molecule has 0 aliphatic heterocycles. The number of halogens is 1. The van der Waals surface area contributed by atoms with Crippen molar-refractivity contribution in [2.75, 3.05) is 29.9 Å². The molecule has 0 atom stereocenters. The van der Waals surface area contributed by atoms with Gasteiger partial charge in [0.25, 0.3) is 5.91 Å². The topological polar surface area (TPSA) is 96.0 Å². The first kappa shape index (κ1) is 29.1. The number of amides is 2. The molecule has 0 unspecified atom stereocenters. The van der Waals surface area contributed by atoms with Crippen molar-refractivity contribution in [3.8, 4) is 5.75 Å². The van der Waals surface area contributed by atoms with Gasteiger partial charge in [-0.05, 0) is 75.1 Å². The molecule has 212 valence electrons. The van der Waals surface area contributed by atoms with Gasteiger partial charge in [-0.2, -0.15) is 8.42 Å². The van der Waals surface area contributed by atoms with Crippen LogP contribution < -0.4 is 14.4 Å². The molecule has 0 bridgehead atoms. The zero-order chi connectivity index (χ0) is 28.9. The lowest BCUT2D eigenvalue weighted by atomic mass is 10.1. The number of nitrogens with zero attached hydrogens (tertiary/aromatic N) is 2. The van der Waals surface area contributed by atoms with Gasteiger partial charge in [0.2, 0.25) is 5.91 Å². The molecule has 2 amide bonds. The summed E-state index contributed by atoms with van der Waals surface area (Å²) in [5.41, 5.74) is 1.68. The fraction of sp³-hybridized carbons (Fsp3) is 0.333. The maximum Gasteiger partial charge on any atom is 0.339 e. The molecule has 40 heavy (non-hydrogen) atoms. The van der Waals surface area contributed by atoms with Gasteiger partial charge in [0.15, 0.2) is 0 Å². The number of carbonyl (C=O) groups is 2. The molecule has 1 fully saturated rings. The van der Waals surface area contributed by atoms with E-state index in [1.165, 1.54) is 49.4 Å². The second kappa shape index (κ2) is 12.5. The van der Waals surface area contributed by atoms with Gasteiger partial charge in [0, 0.05) is 56.1 Å². The highest BCUT2D eigenvalue weighted by atomic mass is 32.2. The number of anilines is 2. The number of carbonyl (C=O) groups excluding carboxylic acids is 2. The Bertz CT molecular complexity index is 1470. The zero-order valence-electron chi connectivity index (χ0n) is 22.9. The molecule has 0 heterocycles. The standard InChI is InChI=1S/C30H34FN3O5S/c1-4-33(5-2)25-15-12-23(20-34(19-22-10-11-22)30(36)27-8-6-7-9-28(27)31)29(18-25)39-40(37,38)26-16-13-24(14-17-26)32-21(3)35/h6-9,12-18,22H,4-5,10-11,19-20H2,1-3H3,(H,32,35). The Morgan fingerprint density at radius 1 is 1.00 bits per heavy atom. The molecule has 0 spiro atoms. The summed E-state index contributed by atoms with van der Waals surface area (Å²) in [6.45, 7) is 7.24. The summed E-state index contributed by atoms with van der Waals surface area (Å²) in [5, 5.41) is 2.60. The molecule has 4 rings (SSSR count). The summed E-state index contributed by atoms with van der Waals surface area (Å²) in [4.78, 5) is 28.3. The van der Waals surface area contributed by atoms with E-state index in [9.17, 15) is 22.4 Å². The van der Waals surface area contributed by atoms with Crippen molar-refractivity contribution >= 4 is 33.3 Å². The van der Waals surface area contributed by atoms with Crippen LogP contribution in [0.15, 0.2) is 71.6 Å². The molecule has 1 saturated carbocycles. The van der Waals surface area contributed by atoms with E-state index in [1.807, 2.05) is 19.9 Å². The Hall–Kier alpha value is -3.92. The third kappa shape index (κ3) is 7.18. The molecule has 3 aromatic carbocycles. The van der Waals surface area contributed by atoms with Crippen LogP contribution in [0.2, 0.25) is 0 Å². The van der Waals surface area contributed by atoms with Crippen molar-refractivity contribution in [3.05, 3.63) is 83.7 Å². The maximum atomic E-state index is 14.5. The van der Waals surface area contributed by atoms with Crippen LogP contribution in [0.25, 0.3) is 0 Å². The fourth-order valence-corrected chi connectivity index (χ4v) is 5.41. The van der Waals surface area contributed by atoms with Gasteiger partial charge in [-0.1, -0.05) is 18.2 Å². The monoisotopic (exact) mass is 567 g/mol. The summed E-state index contributed by atoms with van der Waals surface area (Å²) in [7, 11) is -4.26. The Kier molecular flexibility index (Phi) is 9.09. The Labute approximate surface area is 234 Å². The first-order valence-electron chi connectivity index (χ1n) is 13.3. The summed E-state index contributed by atoms with van der Waals surface area (Å²) < 4.78 is 46.9. The first-order valence-corrected chi connectivity index (χ1v) is 14.8. The molecule has 1 aliphatic rings. The average molecular weight is 568 g/mol. The van der Waals surface area contributed by atoms with E-state index in [2.05, 4.69) is 10.2 Å². The first-order chi connectivity index (χ1) is 19.1. The van der Waals surface area contributed by atoms with Crippen LogP contribution in [-0.4, -0.2) is 44.8 Å². The van der Waals surface area contributed by atoms with E-state index >= 15 is 0 Å². The minimum absolute atomic E-state index is 0.0303. The van der Waals surface area contributed by atoms with Crippen molar-refractivity contribution in [2.45, 2.75) is 45.1 Å². The molecule has 3 aromatic rings. The molecular formula is C30H34FN3O5S. The van der Waals surface area contributed by atoms with E-state index in [1.54, 1.807) is 23.1 Å². The fourth-order valence-electron chi connectivity index (χ4n) is 4.45. The normalized spacial score (nSPS) is 13.0. The molecule has 1 N–H and O–H groups in total. The van der Waals surface area contributed by atoms with Crippen LogP contribution in [0, 0.1) is 11.7 Å². The SMILES string of the molecule is CCN(CC)c1ccc(CN(CC2CC2)C(=O)c2ccccc2F)c(OS(=O)(=O)c2ccc(NC(C)=O)cc2)c1. The van der Waals surface area contributed by atoms with E-state index in [0.29, 0.717) is 36.8 Å². The highest BCUT2D eigenvalue weighted by Gasteiger charge is 2.30. The van der Waals surface area contributed by atoms with Gasteiger partial charge in [-0.25, -0.2) is 4.39 Å². The zero-order valence-corrected chi connectivity index (χ0v) is 23.7. The number of hydrogen-bond acceptors (Lipinski definition) is 6. The number of rotatable bonds is 12. The van der Waals surface area contributed by atoms with E-state index in [-0.39, 0.29) is 28.7 Å². The second-order valence-electron chi connectivity index (χ2n) is 9.82. The Morgan fingerprint density at radius 2 is 1.68 bits per heavy atom. The van der Waals surface area contributed by atoms with Gasteiger partial charge >= 0.3 is 10.1 Å². The van der Waals surface area contributed by atoms with Crippen LogP contribution in [-0.2, 0) is 21.5 Å². The van der Waals surface area contributed by atoms with Crippen LogP contribution in [0.1, 0.15) is 49.5 Å². The smallest absolute Gasteiger partial charge is 0.339 e. The van der Waals surface area contributed by atoms with Crippen molar-refractivity contribution in [2.24, 2.45) is 5.92 Å². The number of benzene rings is 3. The van der Waals surface area contributed by atoms with Gasteiger partial charge in [0.05, 0.1) is 5.56 Å². The van der Waals surface area contributed by atoms with Gasteiger partial charge in [-0.3, -0.25) is 9.59 Å². The van der Waals surface area contributed by atoms with Gasteiger partial charge in [0.1, 0.15) is 16.5 Å². The minimum Gasteiger partial charge on any atom is -0.379 e. The summed E-state index contributed by atoms with van der Waals surface area (Å²) in [6, 6.07) is 16.8. The van der Waals surface area contributed by atoms with Crippen LogP contribution in [0.3, 0.4) is 0 Å². The largest absolute Gasteiger partial charge is 0.379 e. The average Bonchev–Trinajstić information content (AvgIpc) is 3.74. The molecule has 1 aliphatic carbocycles. The third-order valence-corrected chi connectivity index (χ3v) is 8.02. The number of nitrogens with one attached hydrogen (secondary N) is 1. The highest BCUT2D eigenvalue weighted by Crippen LogP contribution is 2.34. The number of hydrogen-bond donors (Lipinski definition) is 1. The summed E-state index contributed by atoms with van der Waals surface area (Å²) in [6.07, 6.45) is 1.96. The van der Waals surface area contributed by atoms with Crippen molar-refractivity contribution in [1.82, 2.24) is 4.90 Å². The molecular weight excluding hydrogens is 533 g/mol. The third-order valence-electron chi connectivity index (χ3n) is 6.77. The van der Waals surface area contributed by atoms with E-state index < -0.39 is 21.8 Å². The van der Waals surface area contributed by atoms with Crippen LogP contribution in [0.4, 0.5) is 15.8 Å². The second-order valence-corrected chi connectivity index (χ2v) is 11.4. The lowest BCUT2D eigenvalue weighted by Crippen LogP contribution is -2.33. The quantitative estimate of drug-likeness (QED) is 0.293. The van der Waals surface area contributed by atoms with Crippen molar-refractivity contribution < 1.29 is 26.6 Å². The van der Waals surface area contributed by atoms with E-state index in [0.717, 1.165) is 18.5 Å².